The van der Waals surface area contributed by atoms with Crippen molar-refractivity contribution in [2.24, 2.45) is 0 Å². The molecule has 0 aliphatic rings. The Bertz CT molecular complexity index is 812. The quantitative estimate of drug-likeness (QED) is 0.831. The summed E-state index contributed by atoms with van der Waals surface area (Å²) in [7, 11) is -4.05. The predicted octanol–water partition coefficient (Wildman–Crippen LogP) is 4.49. The maximum atomic E-state index is 13.1. The number of halogens is 4. The van der Waals surface area contributed by atoms with Crippen molar-refractivity contribution in [2.45, 2.75) is 11.8 Å². The van der Waals surface area contributed by atoms with Gasteiger partial charge in [-0.1, -0.05) is 11.6 Å². The lowest BCUT2D eigenvalue weighted by molar-refractivity contribution is 0.504. The summed E-state index contributed by atoms with van der Waals surface area (Å²) in [6.07, 6.45) is 0. The van der Waals surface area contributed by atoms with Gasteiger partial charge in [0.05, 0.1) is 10.6 Å². The molecule has 0 aromatic heterocycles. The van der Waals surface area contributed by atoms with Gasteiger partial charge < -0.3 is 0 Å². The SMILES string of the molecule is Cc1cc(Br)c(NS(=O)(=O)c2ccc(F)c(F)c2)cc1Cl. The third-order valence-corrected chi connectivity index (χ3v) is 5.12. The molecule has 112 valence electrons. The molecule has 0 radical (unpaired) electrons. The van der Waals surface area contributed by atoms with Crippen molar-refractivity contribution in [2.75, 3.05) is 4.72 Å². The van der Waals surface area contributed by atoms with Gasteiger partial charge in [-0.3, -0.25) is 4.72 Å². The summed E-state index contributed by atoms with van der Waals surface area (Å²) in [5.74, 6) is -2.35. The van der Waals surface area contributed by atoms with Gasteiger partial charge in [0.1, 0.15) is 0 Å². The summed E-state index contributed by atoms with van der Waals surface area (Å²) < 4.78 is 53.1. The molecule has 8 heteroatoms. The van der Waals surface area contributed by atoms with E-state index in [2.05, 4.69) is 20.7 Å². The zero-order chi connectivity index (χ0) is 15.8. The lowest BCUT2D eigenvalue weighted by atomic mass is 10.2. The third kappa shape index (κ3) is 3.53. The predicted molar refractivity (Wildman–Crippen MR) is 81.1 cm³/mol. The van der Waals surface area contributed by atoms with Gasteiger partial charge in [0.25, 0.3) is 10.0 Å². The largest absolute Gasteiger partial charge is 0.278 e. The van der Waals surface area contributed by atoms with E-state index >= 15 is 0 Å². The Hall–Kier alpha value is -1.18. The van der Waals surface area contributed by atoms with E-state index < -0.39 is 21.7 Å². The van der Waals surface area contributed by atoms with Gasteiger partial charge in [-0.2, -0.15) is 0 Å². The summed E-state index contributed by atoms with van der Waals surface area (Å²) in [5, 5.41) is 0.376. The van der Waals surface area contributed by atoms with Crippen molar-refractivity contribution >= 4 is 43.2 Å². The van der Waals surface area contributed by atoms with E-state index in [0.29, 0.717) is 15.6 Å². The Morgan fingerprint density at radius 3 is 2.43 bits per heavy atom. The molecule has 3 nitrogen and oxygen atoms in total. The first-order valence-corrected chi connectivity index (χ1v) is 8.29. The molecule has 2 aromatic rings. The second-order valence-electron chi connectivity index (χ2n) is 4.26. The molecule has 0 aliphatic heterocycles. The van der Waals surface area contributed by atoms with Crippen molar-refractivity contribution in [1.29, 1.82) is 0 Å². The van der Waals surface area contributed by atoms with Gasteiger partial charge in [0.2, 0.25) is 0 Å². The van der Waals surface area contributed by atoms with Crippen molar-refractivity contribution in [1.82, 2.24) is 0 Å². The Morgan fingerprint density at radius 1 is 1.14 bits per heavy atom. The molecule has 0 atom stereocenters. The maximum Gasteiger partial charge on any atom is 0.262 e. The molecule has 0 heterocycles. The zero-order valence-corrected chi connectivity index (χ0v) is 13.8. The fourth-order valence-electron chi connectivity index (χ4n) is 1.57. The van der Waals surface area contributed by atoms with Crippen LogP contribution in [0.25, 0.3) is 0 Å². The van der Waals surface area contributed by atoms with Crippen molar-refractivity contribution in [3.63, 3.8) is 0 Å². The fourth-order valence-corrected chi connectivity index (χ4v) is 3.51. The standard InChI is InChI=1S/C13H9BrClF2NO2S/c1-7-4-9(14)13(6-10(7)15)18-21(19,20)8-2-3-11(16)12(17)5-8/h2-6,18H,1H3. The minimum absolute atomic E-state index is 0.204. The van der Waals surface area contributed by atoms with E-state index in [0.717, 1.165) is 17.7 Å². The molecular formula is C13H9BrClF2NO2S. The lowest BCUT2D eigenvalue weighted by Gasteiger charge is -2.11. The number of benzene rings is 2. The van der Waals surface area contributed by atoms with Crippen LogP contribution in [0.1, 0.15) is 5.56 Å². The maximum absolute atomic E-state index is 13.1. The highest BCUT2D eigenvalue weighted by molar-refractivity contribution is 9.10. The minimum Gasteiger partial charge on any atom is -0.278 e. The molecule has 0 saturated heterocycles. The summed E-state index contributed by atoms with van der Waals surface area (Å²) >= 11 is 9.15. The fraction of sp³-hybridized carbons (Fsp3) is 0.0769. The molecule has 2 aromatic carbocycles. The van der Waals surface area contributed by atoms with Crippen molar-refractivity contribution in [3.05, 3.63) is 57.0 Å². The lowest BCUT2D eigenvalue weighted by Crippen LogP contribution is -2.14. The molecule has 1 N–H and O–H groups in total. The topological polar surface area (TPSA) is 46.2 Å². The van der Waals surface area contributed by atoms with E-state index in [4.69, 9.17) is 11.6 Å². The first-order valence-electron chi connectivity index (χ1n) is 5.64. The van der Waals surface area contributed by atoms with Crippen LogP contribution in [0, 0.1) is 18.6 Å². The zero-order valence-electron chi connectivity index (χ0n) is 10.6. The summed E-state index contributed by atoms with van der Waals surface area (Å²) in [4.78, 5) is -0.384. The van der Waals surface area contributed by atoms with Gasteiger partial charge in [-0.25, -0.2) is 17.2 Å². The molecule has 2 rings (SSSR count). The van der Waals surface area contributed by atoms with Crippen LogP contribution in [0.4, 0.5) is 14.5 Å². The number of rotatable bonds is 3. The monoisotopic (exact) mass is 395 g/mol. The highest BCUT2D eigenvalue weighted by Gasteiger charge is 2.18. The van der Waals surface area contributed by atoms with Gasteiger partial charge in [-0.15, -0.1) is 0 Å². The van der Waals surface area contributed by atoms with Crippen molar-refractivity contribution < 1.29 is 17.2 Å². The second kappa shape index (κ2) is 5.90. The van der Waals surface area contributed by atoms with Crippen molar-refractivity contribution in [3.8, 4) is 0 Å². The van der Waals surface area contributed by atoms with Gasteiger partial charge in [-0.05, 0) is 58.7 Å². The van der Waals surface area contributed by atoms with E-state index in [9.17, 15) is 17.2 Å². The van der Waals surface area contributed by atoms with Gasteiger partial charge >= 0.3 is 0 Å². The number of sulfonamides is 1. The summed E-state index contributed by atoms with van der Waals surface area (Å²) in [5.41, 5.74) is 0.967. The third-order valence-electron chi connectivity index (χ3n) is 2.69. The number of hydrogen-bond donors (Lipinski definition) is 1. The highest BCUT2D eigenvalue weighted by Crippen LogP contribution is 2.31. The molecule has 0 fully saturated rings. The van der Waals surface area contributed by atoms with Crippen LogP contribution in [-0.4, -0.2) is 8.42 Å². The summed E-state index contributed by atoms with van der Waals surface area (Å²) in [6, 6.07) is 5.41. The van der Waals surface area contributed by atoms with Crippen LogP contribution < -0.4 is 4.72 Å². The van der Waals surface area contributed by atoms with E-state index in [1.165, 1.54) is 6.07 Å². The molecule has 0 bridgehead atoms. The Kier molecular flexibility index (Phi) is 4.55. The second-order valence-corrected chi connectivity index (χ2v) is 7.21. The van der Waals surface area contributed by atoms with Crippen LogP contribution in [0.15, 0.2) is 39.7 Å². The Balaban J connectivity index is 2.42. The molecule has 0 amide bonds. The highest BCUT2D eigenvalue weighted by atomic mass is 79.9. The normalized spacial score (nSPS) is 11.5. The molecule has 0 unspecified atom stereocenters. The first kappa shape index (κ1) is 16.2. The van der Waals surface area contributed by atoms with Crippen LogP contribution in [0.2, 0.25) is 5.02 Å². The average Bonchev–Trinajstić information content (AvgIpc) is 2.39. The van der Waals surface area contributed by atoms with Gasteiger partial charge in [0.15, 0.2) is 11.6 Å². The minimum atomic E-state index is -4.05. The first-order chi connectivity index (χ1) is 9.70. The van der Waals surface area contributed by atoms with E-state index in [1.54, 1.807) is 13.0 Å². The molecule has 0 aliphatic carbocycles. The summed E-state index contributed by atoms with van der Waals surface area (Å²) in [6.45, 7) is 1.76. The number of anilines is 1. The Morgan fingerprint density at radius 2 is 1.81 bits per heavy atom. The molecule has 21 heavy (non-hydrogen) atoms. The van der Waals surface area contributed by atoms with E-state index in [1.807, 2.05) is 0 Å². The number of hydrogen-bond acceptors (Lipinski definition) is 2. The van der Waals surface area contributed by atoms with Gasteiger partial charge in [0, 0.05) is 9.50 Å². The molecule has 0 spiro atoms. The molecular weight excluding hydrogens is 388 g/mol. The number of nitrogens with one attached hydrogen (secondary N) is 1. The van der Waals surface area contributed by atoms with Crippen LogP contribution in [0.5, 0.6) is 0 Å². The average molecular weight is 397 g/mol. The number of aryl methyl sites for hydroxylation is 1. The van der Waals surface area contributed by atoms with E-state index in [-0.39, 0.29) is 10.6 Å². The van der Waals surface area contributed by atoms with Crippen LogP contribution in [0.3, 0.4) is 0 Å². The Labute approximate surface area is 134 Å². The van der Waals surface area contributed by atoms with Crippen LogP contribution >= 0.6 is 27.5 Å². The van der Waals surface area contributed by atoms with Crippen LogP contribution in [-0.2, 0) is 10.0 Å². The molecule has 0 saturated carbocycles. The smallest absolute Gasteiger partial charge is 0.262 e.